The number of hydrogen-bond donors (Lipinski definition) is 1. The summed E-state index contributed by atoms with van der Waals surface area (Å²) < 4.78 is 6.29. The maximum atomic E-state index is 6.29. The van der Waals surface area contributed by atoms with Crippen molar-refractivity contribution >= 4 is 5.96 Å². The van der Waals surface area contributed by atoms with E-state index in [1.807, 2.05) is 7.05 Å². The first-order valence-corrected chi connectivity index (χ1v) is 13.2. The SMILES string of the molecule is CN=C(NCC1(N2CCCCC2)CCN(C)CC1)N1CCC(OCC2CCCC2)CC1. The number of aliphatic imine (C=N–C) groups is 1. The van der Waals surface area contributed by atoms with Crippen LogP contribution in [0.2, 0.25) is 0 Å². The van der Waals surface area contributed by atoms with Crippen molar-refractivity contribution in [1.29, 1.82) is 0 Å². The molecule has 6 heteroatoms. The zero-order valence-electron chi connectivity index (χ0n) is 20.3. The van der Waals surface area contributed by atoms with E-state index < -0.39 is 0 Å². The molecule has 0 unspecified atom stereocenters. The van der Waals surface area contributed by atoms with E-state index >= 15 is 0 Å². The number of ether oxygens (including phenoxy) is 1. The summed E-state index contributed by atoms with van der Waals surface area (Å²) in [6.07, 6.45) is 14.9. The largest absolute Gasteiger partial charge is 0.378 e. The molecule has 178 valence electrons. The molecule has 1 aliphatic carbocycles. The molecule has 0 aromatic heterocycles. The van der Waals surface area contributed by atoms with Crippen LogP contribution in [0.5, 0.6) is 0 Å². The molecule has 0 aromatic carbocycles. The number of rotatable bonds is 6. The van der Waals surface area contributed by atoms with Gasteiger partial charge in [0.25, 0.3) is 0 Å². The van der Waals surface area contributed by atoms with Gasteiger partial charge in [-0.3, -0.25) is 9.89 Å². The molecule has 0 amide bonds. The quantitative estimate of drug-likeness (QED) is 0.515. The Balaban J connectivity index is 1.26. The van der Waals surface area contributed by atoms with Crippen molar-refractivity contribution in [3.8, 4) is 0 Å². The van der Waals surface area contributed by atoms with Crippen LogP contribution in [-0.2, 0) is 4.74 Å². The maximum Gasteiger partial charge on any atom is 0.193 e. The van der Waals surface area contributed by atoms with Gasteiger partial charge in [-0.05, 0) is 90.5 Å². The summed E-state index contributed by atoms with van der Waals surface area (Å²) in [4.78, 5) is 12.5. The molecule has 3 heterocycles. The fourth-order valence-electron chi connectivity index (χ4n) is 6.27. The van der Waals surface area contributed by atoms with Gasteiger partial charge in [-0.25, -0.2) is 0 Å². The number of piperidine rings is 3. The van der Waals surface area contributed by atoms with Gasteiger partial charge in [0.2, 0.25) is 0 Å². The number of nitrogens with zero attached hydrogens (tertiary/aromatic N) is 4. The van der Waals surface area contributed by atoms with Crippen LogP contribution < -0.4 is 5.32 Å². The standard InChI is InChI=1S/C25H47N5O/c1-26-24(29-16-10-23(11-17-29)31-20-22-8-4-5-9-22)27-21-25(12-18-28(2)19-13-25)30-14-6-3-7-15-30/h22-23H,3-21H2,1-2H3,(H,26,27). The third-order valence-corrected chi connectivity index (χ3v) is 8.52. The van der Waals surface area contributed by atoms with Crippen LogP contribution in [0.1, 0.15) is 70.6 Å². The van der Waals surface area contributed by atoms with Crippen molar-refractivity contribution < 1.29 is 4.74 Å². The van der Waals surface area contributed by atoms with Crippen LogP contribution >= 0.6 is 0 Å². The Morgan fingerprint density at radius 1 is 0.903 bits per heavy atom. The molecule has 6 nitrogen and oxygen atoms in total. The predicted molar refractivity (Wildman–Crippen MR) is 129 cm³/mol. The van der Waals surface area contributed by atoms with Crippen LogP contribution in [-0.4, -0.2) is 98.8 Å². The van der Waals surface area contributed by atoms with Gasteiger partial charge in [0.15, 0.2) is 5.96 Å². The Labute approximate surface area is 190 Å². The van der Waals surface area contributed by atoms with Gasteiger partial charge in [0.05, 0.1) is 6.10 Å². The summed E-state index contributed by atoms with van der Waals surface area (Å²) in [5, 5.41) is 3.83. The van der Waals surface area contributed by atoms with E-state index in [1.165, 1.54) is 84.0 Å². The first-order chi connectivity index (χ1) is 15.2. The summed E-state index contributed by atoms with van der Waals surface area (Å²) in [7, 11) is 4.22. The molecule has 1 saturated carbocycles. The number of guanidine groups is 1. The van der Waals surface area contributed by atoms with Gasteiger partial charge in [-0.2, -0.15) is 0 Å². The molecule has 31 heavy (non-hydrogen) atoms. The molecular weight excluding hydrogens is 386 g/mol. The molecule has 0 spiro atoms. The summed E-state index contributed by atoms with van der Waals surface area (Å²) in [5.41, 5.74) is 0.297. The monoisotopic (exact) mass is 433 g/mol. The lowest BCUT2D eigenvalue weighted by atomic mass is 9.84. The highest BCUT2D eigenvalue weighted by Crippen LogP contribution is 2.31. The van der Waals surface area contributed by atoms with Crippen LogP contribution in [0.3, 0.4) is 0 Å². The molecule has 0 radical (unpaired) electrons. The van der Waals surface area contributed by atoms with E-state index in [0.717, 1.165) is 51.0 Å². The smallest absolute Gasteiger partial charge is 0.193 e. The minimum atomic E-state index is 0.297. The van der Waals surface area contributed by atoms with Gasteiger partial charge in [-0.15, -0.1) is 0 Å². The Morgan fingerprint density at radius 3 is 2.23 bits per heavy atom. The second-order valence-electron chi connectivity index (χ2n) is 10.6. The van der Waals surface area contributed by atoms with Crippen molar-refractivity contribution in [1.82, 2.24) is 20.0 Å². The third-order valence-electron chi connectivity index (χ3n) is 8.52. The Morgan fingerprint density at radius 2 is 1.58 bits per heavy atom. The minimum Gasteiger partial charge on any atom is -0.378 e. The van der Waals surface area contributed by atoms with Gasteiger partial charge < -0.3 is 19.9 Å². The Bertz CT molecular complexity index is 554. The highest BCUT2D eigenvalue weighted by atomic mass is 16.5. The van der Waals surface area contributed by atoms with Gasteiger partial charge in [-0.1, -0.05) is 19.3 Å². The van der Waals surface area contributed by atoms with Crippen molar-refractivity contribution in [2.75, 3.05) is 66.5 Å². The van der Waals surface area contributed by atoms with E-state index in [0.29, 0.717) is 11.6 Å². The molecule has 0 aromatic rings. The zero-order valence-corrected chi connectivity index (χ0v) is 20.3. The zero-order chi connectivity index (χ0) is 21.5. The van der Waals surface area contributed by atoms with Crippen molar-refractivity contribution in [3.63, 3.8) is 0 Å². The molecule has 3 saturated heterocycles. The van der Waals surface area contributed by atoms with Crippen LogP contribution in [0.15, 0.2) is 4.99 Å². The topological polar surface area (TPSA) is 43.3 Å². The van der Waals surface area contributed by atoms with Crippen molar-refractivity contribution in [3.05, 3.63) is 0 Å². The molecule has 4 fully saturated rings. The molecule has 0 atom stereocenters. The first-order valence-electron chi connectivity index (χ1n) is 13.2. The maximum absolute atomic E-state index is 6.29. The molecule has 0 bridgehead atoms. The van der Waals surface area contributed by atoms with Gasteiger partial charge in [0, 0.05) is 38.8 Å². The molecule has 3 aliphatic heterocycles. The molecule has 4 rings (SSSR count). The summed E-state index contributed by atoms with van der Waals surface area (Å²) in [5.74, 6) is 1.93. The fourth-order valence-corrected chi connectivity index (χ4v) is 6.27. The number of likely N-dealkylation sites (tertiary alicyclic amines) is 3. The molecular formula is C25H47N5O. The van der Waals surface area contributed by atoms with Crippen molar-refractivity contribution in [2.45, 2.75) is 82.3 Å². The second-order valence-corrected chi connectivity index (χ2v) is 10.6. The lowest BCUT2D eigenvalue weighted by Crippen LogP contribution is -2.62. The summed E-state index contributed by atoms with van der Waals surface area (Å²) in [6.45, 7) is 9.11. The summed E-state index contributed by atoms with van der Waals surface area (Å²) in [6, 6.07) is 0. The highest BCUT2D eigenvalue weighted by molar-refractivity contribution is 5.80. The lowest BCUT2D eigenvalue weighted by molar-refractivity contribution is 0.0000217. The molecule has 1 N–H and O–H groups in total. The average Bonchev–Trinajstić information content (AvgIpc) is 3.35. The normalized spacial score (nSPS) is 27.7. The van der Waals surface area contributed by atoms with Crippen LogP contribution in [0.25, 0.3) is 0 Å². The van der Waals surface area contributed by atoms with Crippen LogP contribution in [0, 0.1) is 5.92 Å². The van der Waals surface area contributed by atoms with Gasteiger partial charge in [0.1, 0.15) is 0 Å². The lowest BCUT2D eigenvalue weighted by Gasteiger charge is -2.50. The van der Waals surface area contributed by atoms with E-state index in [4.69, 9.17) is 4.74 Å². The Kier molecular flexibility index (Phi) is 8.52. The predicted octanol–water partition coefficient (Wildman–Crippen LogP) is 3.18. The van der Waals surface area contributed by atoms with E-state index in [2.05, 4.69) is 32.1 Å². The second kappa shape index (κ2) is 11.3. The average molecular weight is 434 g/mol. The summed E-state index contributed by atoms with van der Waals surface area (Å²) >= 11 is 0. The van der Waals surface area contributed by atoms with E-state index in [1.54, 1.807) is 0 Å². The van der Waals surface area contributed by atoms with Gasteiger partial charge >= 0.3 is 0 Å². The first kappa shape index (κ1) is 23.3. The number of hydrogen-bond acceptors (Lipinski definition) is 4. The van der Waals surface area contributed by atoms with E-state index in [9.17, 15) is 0 Å². The third kappa shape index (κ3) is 6.14. The fraction of sp³-hybridized carbons (Fsp3) is 0.960. The Hall–Kier alpha value is -0.850. The van der Waals surface area contributed by atoms with E-state index in [-0.39, 0.29) is 0 Å². The van der Waals surface area contributed by atoms with Crippen LogP contribution in [0.4, 0.5) is 0 Å². The highest BCUT2D eigenvalue weighted by Gasteiger charge is 2.40. The molecule has 4 aliphatic rings. The van der Waals surface area contributed by atoms with Crippen molar-refractivity contribution in [2.24, 2.45) is 10.9 Å². The number of nitrogens with one attached hydrogen (secondary N) is 1. The minimum absolute atomic E-state index is 0.297.